The molecule has 104 valence electrons. The fourth-order valence-corrected chi connectivity index (χ4v) is 5.86. The Hall–Kier alpha value is -1.18. The van der Waals surface area contributed by atoms with Crippen molar-refractivity contribution in [1.29, 1.82) is 0 Å². The standard InChI is InChI=1S/C19H16IP/c20-15-16-9-7-8-14-19(16)21(17-10-3-1-4-11-17)18-12-5-2-6-13-18/h1-14H,15H2. The highest BCUT2D eigenvalue weighted by molar-refractivity contribution is 14.1. The van der Waals surface area contributed by atoms with Crippen molar-refractivity contribution in [2.75, 3.05) is 0 Å². The van der Waals surface area contributed by atoms with Crippen LogP contribution in [0.1, 0.15) is 5.56 Å². The molecular formula is C19H16IP. The molecule has 3 rings (SSSR count). The average Bonchev–Trinajstić information content (AvgIpc) is 2.58. The molecule has 0 saturated heterocycles. The largest absolute Gasteiger partial charge is 0.0812 e. The van der Waals surface area contributed by atoms with E-state index in [4.69, 9.17) is 0 Å². The normalized spacial score (nSPS) is 10.8. The molecular weight excluding hydrogens is 386 g/mol. The topological polar surface area (TPSA) is 0 Å². The van der Waals surface area contributed by atoms with E-state index in [1.807, 2.05) is 0 Å². The molecule has 0 aromatic heterocycles. The summed E-state index contributed by atoms with van der Waals surface area (Å²) in [7, 11) is -0.477. The molecule has 21 heavy (non-hydrogen) atoms. The fraction of sp³-hybridized carbons (Fsp3) is 0.0526. The van der Waals surface area contributed by atoms with Crippen LogP contribution in [0, 0.1) is 0 Å². The van der Waals surface area contributed by atoms with Crippen molar-refractivity contribution in [3.05, 3.63) is 90.5 Å². The zero-order valence-corrected chi connectivity index (χ0v) is 14.7. The second-order valence-corrected chi connectivity index (χ2v) is 7.72. The zero-order valence-electron chi connectivity index (χ0n) is 11.6. The summed E-state index contributed by atoms with van der Waals surface area (Å²) in [4.78, 5) is 0. The predicted octanol–water partition coefficient (Wildman–Crippen LogP) is 4.38. The van der Waals surface area contributed by atoms with Crippen LogP contribution in [-0.2, 0) is 4.43 Å². The SMILES string of the molecule is ICc1ccccc1P(c1ccccc1)c1ccccc1. The molecule has 0 amide bonds. The smallest absolute Gasteiger partial charge is 0.0253 e. The van der Waals surface area contributed by atoms with Crippen LogP contribution in [0.2, 0.25) is 0 Å². The Kier molecular flexibility index (Phi) is 5.05. The first kappa shape index (κ1) is 14.7. The van der Waals surface area contributed by atoms with Crippen molar-refractivity contribution >= 4 is 46.4 Å². The molecule has 0 N–H and O–H groups in total. The number of hydrogen-bond donors (Lipinski definition) is 0. The van der Waals surface area contributed by atoms with Gasteiger partial charge in [0, 0.05) is 4.43 Å². The van der Waals surface area contributed by atoms with Gasteiger partial charge in [-0.25, -0.2) is 0 Å². The first-order chi connectivity index (χ1) is 10.4. The molecule has 0 unspecified atom stereocenters. The molecule has 0 radical (unpaired) electrons. The highest BCUT2D eigenvalue weighted by atomic mass is 127. The van der Waals surface area contributed by atoms with Gasteiger partial charge < -0.3 is 0 Å². The summed E-state index contributed by atoms with van der Waals surface area (Å²) in [5.41, 5.74) is 1.44. The van der Waals surface area contributed by atoms with Gasteiger partial charge in [-0.05, 0) is 29.4 Å². The van der Waals surface area contributed by atoms with E-state index in [2.05, 4.69) is 108 Å². The van der Waals surface area contributed by atoms with Crippen molar-refractivity contribution in [3.8, 4) is 0 Å². The molecule has 3 aromatic carbocycles. The van der Waals surface area contributed by atoms with Gasteiger partial charge in [-0.1, -0.05) is 108 Å². The van der Waals surface area contributed by atoms with Crippen LogP contribution >= 0.6 is 30.5 Å². The third kappa shape index (κ3) is 3.36. The minimum absolute atomic E-state index is 0.477. The molecule has 0 nitrogen and oxygen atoms in total. The third-order valence-electron chi connectivity index (χ3n) is 3.41. The first-order valence-electron chi connectivity index (χ1n) is 6.94. The minimum Gasteiger partial charge on any atom is -0.0812 e. The molecule has 0 aliphatic heterocycles. The van der Waals surface area contributed by atoms with Gasteiger partial charge >= 0.3 is 0 Å². The number of alkyl halides is 1. The van der Waals surface area contributed by atoms with Gasteiger partial charge in [-0.15, -0.1) is 0 Å². The lowest BCUT2D eigenvalue weighted by atomic mass is 10.2. The summed E-state index contributed by atoms with van der Waals surface area (Å²) in [6.07, 6.45) is 0. The third-order valence-corrected chi connectivity index (χ3v) is 6.77. The lowest BCUT2D eigenvalue weighted by molar-refractivity contribution is 1.50. The number of hydrogen-bond acceptors (Lipinski definition) is 0. The van der Waals surface area contributed by atoms with Gasteiger partial charge in [0.05, 0.1) is 0 Å². The second-order valence-electron chi connectivity index (χ2n) is 4.77. The zero-order chi connectivity index (χ0) is 14.5. The summed E-state index contributed by atoms with van der Waals surface area (Å²) in [6.45, 7) is 0. The highest BCUT2D eigenvalue weighted by Crippen LogP contribution is 2.34. The van der Waals surface area contributed by atoms with Gasteiger partial charge in [0.2, 0.25) is 0 Å². The molecule has 0 spiro atoms. The number of benzene rings is 3. The van der Waals surface area contributed by atoms with Gasteiger partial charge in [-0.2, -0.15) is 0 Å². The summed E-state index contributed by atoms with van der Waals surface area (Å²) in [5, 5.41) is 4.30. The number of rotatable bonds is 4. The molecule has 0 heterocycles. The van der Waals surface area contributed by atoms with E-state index in [0.717, 1.165) is 4.43 Å². The van der Waals surface area contributed by atoms with Crippen molar-refractivity contribution in [2.45, 2.75) is 4.43 Å². The minimum atomic E-state index is -0.477. The maximum absolute atomic E-state index is 2.46. The Bertz CT molecular complexity index is 656. The van der Waals surface area contributed by atoms with E-state index < -0.39 is 7.92 Å². The summed E-state index contributed by atoms with van der Waals surface area (Å²) in [5.74, 6) is 0. The fourth-order valence-electron chi connectivity index (χ4n) is 2.42. The predicted molar refractivity (Wildman–Crippen MR) is 103 cm³/mol. The van der Waals surface area contributed by atoms with Gasteiger partial charge in [-0.3, -0.25) is 0 Å². The highest BCUT2D eigenvalue weighted by Gasteiger charge is 2.18. The molecule has 0 saturated carbocycles. The maximum Gasteiger partial charge on any atom is 0.0253 e. The van der Waals surface area contributed by atoms with Crippen molar-refractivity contribution in [1.82, 2.24) is 0 Å². The van der Waals surface area contributed by atoms with Crippen LogP contribution in [0.15, 0.2) is 84.9 Å². The molecule has 2 heteroatoms. The maximum atomic E-state index is 2.46. The Morgan fingerprint density at radius 3 is 1.62 bits per heavy atom. The van der Waals surface area contributed by atoms with Gasteiger partial charge in [0.1, 0.15) is 0 Å². The van der Waals surface area contributed by atoms with E-state index in [1.54, 1.807) is 0 Å². The van der Waals surface area contributed by atoms with Crippen molar-refractivity contribution < 1.29 is 0 Å². The van der Waals surface area contributed by atoms with Crippen LogP contribution in [0.5, 0.6) is 0 Å². The molecule has 0 aliphatic carbocycles. The first-order valence-corrected chi connectivity index (χ1v) is 9.81. The Labute approximate surface area is 141 Å². The quantitative estimate of drug-likeness (QED) is 0.345. The lowest BCUT2D eigenvalue weighted by Gasteiger charge is -2.21. The van der Waals surface area contributed by atoms with E-state index in [0.29, 0.717) is 0 Å². The van der Waals surface area contributed by atoms with E-state index in [9.17, 15) is 0 Å². The molecule has 0 bridgehead atoms. The summed E-state index contributed by atoms with van der Waals surface area (Å²) < 4.78 is 1.05. The monoisotopic (exact) mass is 402 g/mol. The molecule has 0 fully saturated rings. The Morgan fingerprint density at radius 2 is 1.10 bits per heavy atom. The van der Waals surface area contributed by atoms with Crippen LogP contribution in [0.4, 0.5) is 0 Å². The van der Waals surface area contributed by atoms with Gasteiger partial charge in [0.25, 0.3) is 0 Å². The van der Waals surface area contributed by atoms with Crippen LogP contribution in [0.25, 0.3) is 0 Å². The van der Waals surface area contributed by atoms with Crippen molar-refractivity contribution in [2.24, 2.45) is 0 Å². The van der Waals surface area contributed by atoms with E-state index in [-0.39, 0.29) is 0 Å². The average molecular weight is 402 g/mol. The van der Waals surface area contributed by atoms with E-state index in [1.165, 1.54) is 21.5 Å². The van der Waals surface area contributed by atoms with Crippen LogP contribution < -0.4 is 15.9 Å². The molecule has 0 atom stereocenters. The van der Waals surface area contributed by atoms with E-state index >= 15 is 0 Å². The lowest BCUT2D eigenvalue weighted by Crippen LogP contribution is -2.22. The summed E-state index contributed by atoms with van der Waals surface area (Å²) in [6, 6.07) is 30.6. The van der Waals surface area contributed by atoms with Crippen LogP contribution in [-0.4, -0.2) is 0 Å². The van der Waals surface area contributed by atoms with Crippen molar-refractivity contribution in [3.63, 3.8) is 0 Å². The molecule has 3 aromatic rings. The van der Waals surface area contributed by atoms with Gasteiger partial charge in [0.15, 0.2) is 0 Å². The second kappa shape index (κ2) is 7.20. The Morgan fingerprint density at radius 1 is 0.619 bits per heavy atom. The Balaban J connectivity index is 2.17. The number of halogens is 1. The molecule has 0 aliphatic rings. The summed E-state index contributed by atoms with van der Waals surface area (Å²) >= 11 is 2.46. The van der Waals surface area contributed by atoms with Crippen LogP contribution in [0.3, 0.4) is 0 Å².